The molecule has 0 radical (unpaired) electrons. The second-order valence-electron chi connectivity index (χ2n) is 6.05. The maximum atomic E-state index is 11.5. The maximum absolute atomic E-state index is 11.5. The zero-order valence-electron chi connectivity index (χ0n) is 15.5. The first kappa shape index (κ1) is 19.1. The van der Waals surface area contributed by atoms with Crippen molar-refractivity contribution in [1.82, 2.24) is 9.55 Å². The molecule has 0 aliphatic heterocycles. The third-order valence-electron chi connectivity index (χ3n) is 4.34. The van der Waals surface area contributed by atoms with Crippen LogP contribution in [0, 0.1) is 0 Å². The normalized spacial score (nSPS) is 10.5. The van der Waals surface area contributed by atoms with Gasteiger partial charge < -0.3 is 9.84 Å². The number of carbonyl (C=O) groups excluding carboxylic acids is 1. The van der Waals surface area contributed by atoms with Crippen LogP contribution >= 0.6 is 0 Å². The van der Waals surface area contributed by atoms with Gasteiger partial charge in [-0.15, -0.1) is 0 Å². The van der Waals surface area contributed by atoms with Crippen molar-refractivity contribution in [3.63, 3.8) is 0 Å². The first-order valence-electron chi connectivity index (χ1n) is 8.81. The zero-order chi connectivity index (χ0) is 20.1. The molecule has 1 aromatic heterocycles. The lowest BCUT2D eigenvalue weighted by atomic mass is 9.99. The van der Waals surface area contributed by atoms with Gasteiger partial charge in [-0.25, -0.2) is 4.79 Å². The van der Waals surface area contributed by atoms with E-state index in [1.807, 2.05) is 37.3 Å². The lowest BCUT2D eigenvalue weighted by Gasteiger charge is -2.11. The van der Waals surface area contributed by atoms with Crippen LogP contribution in [0.1, 0.15) is 39.0 Å². The van der Waals surface area contributed by atoms with Gasteiger partial charge in [-0.1, -0.05) is 49.0 Å². The molecule has 0 fully saturated rings. The van der Waals surface area contributed by atoms with E-state index in [0.29, 0.717) is 36.1 Å². The topological polar surface area (TPSA) is 81.4 Å². The van der Waals surface area contributed by atoms with Gasteiger partial charge in [-0.3, -0.25) is 9.36 Å². The number of rotatable bonds is 8. The highest BCUT2D eigenvalue weighted by molar-refractivity contribution is 5.96. The molecule has 6 heteroatoms. The van der Waals surface area contributed by atoms with Crippen LogP contribution in [-0.4, -0.2) is 33.5 Å². The number of carboxylic acids is 1. The Labute approximate surface area is 162 Å². The van der Waals surface area contributed by atoms with E-state index < -0.39 is 5.97 Å². The molecular weight excluding hydrogens is 356 g/mol. The summed E-state index contributed by atoms with van der Waals surface area (Å²) in [5.74, 6) is -0.966. The molecule has 0 saturated heterocycles. The average Bonchev–Trinajstić information content (AvgIpc) is 3.05. The van der Waals surface area contributed by atoms with E-state index in [1.54, 1.807) is 22.8 Å². The standard InChI is InChI=1S/C22H20N2O4/c1-3-19-20(14-25)24(22(23-19)28-4-2)13-15-9-11-16(12-10-15)17-7-5-6-8-18(17)21(26)27/h3,5-12,14H,1,4,13H2,2H3,(H,26,27). The number of nitrogens with zero attached hydrogens (tertiary/aromatic N) is 2. The molecule has 6 nitrogen and oxygen atoms in total. The summed E-state index contributed by atoms with van der Waals surface area (Å²) in [4.78, 5) is 27.3. The fraction of sp³-hybridized carbons (Fsp3) is 0.136. The SMILES string of the molecule is C=Cc1nc(OCC)n(Cc2ccc(-c3ccccc3C(=O)O)cc2)c1C=O. The van der Waals surface area contributed by atoms with Crippen LogP contribution in [0.15, 0.2) is 55.1 Å². The van der Waals surface area contributed by atoms with Crippen molar-refractivity contribution in [2.24, 2.45) is 0 Å². The van der Waals surface area contributed by atoms with Crippen LogP contribution in [-0.2, 0) is 6.54 Å². The zero-order valence-corrected chi connectivity index (χ0v) is 15.5. The Morgan fingerprint density at radius 1 is 1.21 bits per heavy atom. The molecule has 2 aromatic carbocycles. The van der Waals surface area contributed by atoms with Gasteiger partial charge in [0.15, 0.2) is 6.29 Å². The minimum Gasteiger partial charge on any atom is -0.478 e. The van der Waals surface area contributed by atoms with E-state index in [2.05, 4.69) is 11.6 Å². The Morgan fingerprint density at radius 3 is 2.54 bits per heavy atom. The molecule has 0 aliphatic rings. The number of hydrogen-bond acceptors (Lipinski definition) is 4. The molecule has 0 atom stereocenters. The van der Waals surface area contributed by atoms with E-state index in [1.165, 1.54) is 6.08 Å². The number of ether oxygens (including phenoxy) is 1. The van der Waals surface area contributed by atoms with Gasteiger partial charge in [-0.05, 0) is 35.8 Å². The lowest BCUT2D eigenvalue weighted by Crippen LogP contribution is -2.08. The number of benzene rings is 2. The highest BCUT2D eigenvalue weighted by Gasteiger charge is 2.16. The number of carbonyl (C=O) groups is 2. The Hall–Kier alpha value is -3.67. The second kappa shape index (κ2) is 8.35. The molecular formula is C22H20N2O4. The predicted octanol–water partition coefficient (Wildman–Crippen LogP) is 4.15. The van der Waals surface area contributed by atoms with E-state index in [-0.39, 0.29) is 5.56 Å². The number of aldehydes is 1. The molecule has 1 heterocycles. The fourth-order valence-corrected chi connectivity index (χ4v) is 3.02. The van der Waals surface area contributed by atoms with E-state index in [4.69, 9.17) is 4.74 Å². The Kier molecular flexibility index (Phi) is 5.69. The molecule has 142 valence electrons. The minimum absolute atomic E-state index is 0.252. The second-order valence-corrected chi connectivity index (χ2v) is 6.05. The summed E-state index contributed by atoms with van der Waals surface area (Å²) in [5.41, 5.74) is 3.52. The molecule has 28 heavy (non-hydrogen) atoms. The van der Waals surface area contributed by atoms with Crippen molar-refractivity contribution in [2.45, 2.75) is 13.5 Å². The fourth-order valence-electron chi connectivity index (χ4n) is 3.02. The van der Waals surface area contributed by atoms with Gasteiger partial charge in [0.25, 0.3) is 6.01 Å². The third kappa shape index (κ3) is 3.71. The van der Waals surface area contributed by atoms with Crippen molar-refractivity contribution in [2.75, 3.05) is 6.61 Å². The largest absolute Gasteiger partial charge is 0.478 e. The Bertz CT molecular complexity index is 1020. The van der Waals surface area contributed by atoms with E-state index >= 15 is 0 Å². The van der Waals surface area contributed by atoms with Gasteiger partial charge in [-0.2, -0.15) is 4.98 Å². The average molecular weight is 376 g/mol. The van der Waals surface area contributed by atoms with Crippen molar-refractivity contribution >= 4 is 18.3 Å². The maximum Gasteiger partial charge on any atom is 0.336 e. The van der Waals surface area contributed by atoms with Crippen LogP contribution in [0.5, 0.6) is 6.01 Å². The summed E-state index contributed by atoms with van der Waals surface area (Å²) in [6, 6.07) is 14.8. The van der Waals surface area contributed by atoms with Gasteiger partial charge in [0.1, 0.15) is 5.69 Å². The summed E-state index contributed by atoms with van der Waals surface area (Å²) < 4.78 is 7.25. The highest BCUT2D eigenvalue weighted by Crippen LogP contribution is 2.25. The summed E-state index contributed by atoms with van der Waals surface area (Å²) >= 11 is 0. The summed E-state index contributed by atoms with van der Waals surface area (Å²) in [6.07, 6.45) is 2.26. The van der Waals surface area contributed by atoms with Crippen molar-refractivity contribution in [3.8, 4) is 17.1 Å². The summed E-state index contributed by atoms with van der Waals surface area (Å²) in [5, 5.41) is 9.38. The quantitative estimate of drug-likeness (QED) is 0.597. The number of aromatic carboxylic acids is 1. The lowest BCUT2D eigenvalue weighted by molar-refractivity contribution is 0.0697. The van der Waals surface area contributed by atoms with Gasteiger partial charge >= 0.3 is 5.97 Å². The summed E-state index contributed by atoms with van der Waals surface area (Å²) in [6.45, 7) is 6.36. The molecule has 1 N–H and O–H groups in total. The van der Waals surface area contributed by atoms with Gasteiger partial charge in [0, 0.05) is 0 Å². The smallest absolute Gasteiger partial charge is 0.336 e. The first-order chi connectivity index (χ1) is 13.6. The molecule has 0 aliphatic carbocycles. The van der Waals surface area contributed by atoms with Crippen molar-refractivity contribution in [1.29, 1.82) is 0 Å². The van der Waals surface area contributed by atoms with E-state index in [9.17, 15) is 14.7 Å². The molecule has 0 amide bonds. The van der Waals surface area contributed by atoms with Crippen molar-refractivity contribution < 1.29 is 19.4 Å². The van der Waals surface area contributed by atoms with Crippen molar-refractivity contribution in [3.05, 3.63) is 77.6 Å². The van der Waals surface area contributed by atoms with Crippen LogP contribution in [0.4, 0.5) is 0 Å². The third-order valence-corrected chi connectivity index (χ3v) is 4.34. The van der Waals surface area contributed by atoms with E-state index in [0.717, 1.165) is 17.4 Å². The number of imidazole rings is 1. The molecule has 3 rings (SSSR count). The van der Waals surface area contributed by atoms with Crippen LogP contribution in [0.2, 0.25) is 0 Å². The summed E-state index contributed by atoms with van der Waals surface area (Å²) in [7, 11) is 0. The number of hydrogen-bond donors (Lipinski definition) is 1. The molecule has 3 aromatic rings. The molecule has 0 saturated carbocycles. The Morgan fingerprint density at radius 2 is 1.93 bits per heavy atom. The van der Waals surface area contributed by atoms with Crippen LogP contribution in [0.25, 0.3) is 17.2 Å². The monoisotopic (exact) mass is 376 g/mol. The van der Waals surface area contributed by atoms with Crippen LogP contribution < -0.4 is 4.74 Å². The van der Waals surface area contributed by atoms with Crippen LogP contribution in [0.3, 0.4) is 0 Å². The highest BCUT2D eigenvalue weighted by atomic mass is 16.5. The predicted molar refractivity (Wildman–Crippen MR) is 107 cm³/mol. The first-order valence-corrected chi connectivity index (χ1v) is 8.81. The number of aromatic nitrogens is 2. The molecule has 0 spiro atoms. The van der Waals surface area contributed by atoms with Gasteiger partial charge in [0.05, 0.1) is 24.4 Å². The molecule has 0 unspecified atom stereocenters. The van der Waals surface area contributed by atoms with Gasteiger partial charge in [0.2, 0.25) is 0 Å². The number of carboxylic acid groups (broad SMARTS) is 1. The minimum atomic E-state index is -0.966. The Balaban J connectivity index is 1.94. The molecule has 0 bridgehead atoms.